The molecule has 0 unspecified atom stereocenters. The summed E-state index contributed by atoms with van der Waals surface area (Å²) in [4.78, 5) is 4.62. The second kappa shape index (κ2) is 7.29. The lowest BCUT2D eigenvalue weighted by molar-refractivity contribution is 0.355. The van der Waals surface area contributed by atoms with Crippen LogP contribution in [0.2, 0.25) is 5.02 Å². The van der Waals surface area contributed by atoms with Crippen LogP contribution in [0.1, 0.15) is 11.4 Å². The molecule has 1 aromatic heterocycles. The van der Waals surface area contributed by atoms with Gasteiger partial charge in [-0.25, -0.2) is 9.37 Å². The average molecular weight is 364 g/mol. The molecule has 0 aliphatic heterocycles. The Kier molecular flexibility index (Phi) is 5.11. The van der Waals surface area contributed by atoms with Crippen LogP contribution in [0.4, 0.5) is 4.39 Å². The van der Waals surface area contributed by atoms with Gasteiger partial charge in [0.25, 0.3) is 0 Å². The van der Waals surface area contributed by atoms with Crippen molar-refractivity contribution >= 4 is 22.6 Å². The Morgan fingerprint density at radius 1 is 1.20 bits per heavy atom. The van der Waals surface area contributed by atoms with Crippen LogP contribution in [-0.4, -0.2) is 30.3 Å². The van der Waals surface area contributed by atoms with Gasteiger partial charge in [0.2, 0.25) is 0 Å². The molecule has 1 heterocycles. The maximum absolute atomic E-state index is 14.2. The highest BCUT2D eigenvalue weighted by Crippen LogP contribution is 2.33. The molecule has 2 aromatic carbocycles. The lowest BCUT2D eigenvalue weighted by Gasteiger charge is -2.12. The summed E-state index contributed by atoms with van der Waals surface area (Å²) in [7, 11) is 3.14. The van der Waals surface area contributed by atoms with Gasteiger partial charge in [0.05, 0.1) is 31.8 Å². The Bertz CT molecular complexity index is 891. The molecule has 132 valence electrons. The van der Waals surface area contributed by atoms with E-state index in [2.05, 4.69) is 4.98 Å². The van der Waals surface area contributed by atoms with Gasteiger partial charge in [-0.2, -0.15) is 0 Å². The molecule has 7 heteroatoms. The number of imidazole rings is 1. The van der Waals surface area contributed by atoms with Crippen LogP contribution in [0.3, 0.4) is 0 Å². The minimum Gasteiger partial charge on any atom is -0.493 e. The number of hydrogen-bond acceptors (Lipinski definition) is 4. The zero-order chi connectivity index (χ0) is 18.0. The first-order chi connectivity index (χ1) is 12.1. The molecule has 0 radical (unpaired) electrons. The van der Waals surface area contributed by atoms with E-state index in [1.165, 1.54) is 6.07 Å². The van der Waals surface area contributed by atoms with Crippen molar-refractivity contribution in [3.8, 4) is 11.5 Å². The molecular weight excluding hydrogens is 345 g/mol. The minimum absolute atomic E-state index is 0.257. The van der Waals surface area contributed by atoms with Crippen LogP contribution in [-0.2, 0) is 13.0 Å². The smallest absolute Gasteiger partial charge is 0.163 e. The van der Waals surface area contributed by atoms with Crippen LogP contribution in [0.5, 0.6) is 11.5 Å². The molecule has 0 aliphatic carbocycles. The fourth-order valence-corrected chi connectivity index (χ4v) is 3.06. The molecule has 0 bridgehead atoms. The minimum atomic E-state index is -0.353. The van der Waals surface area contributed by atoms with E-state index in [-0.39, 0.29) is 12.4 Å². The number of hydrogen-bond donors (Lipinski definition) is 1. The average Bonchev–Trinajstić information content (AvgIpc) is 2.93. The van der Waals surface area contributed by atoms with Gasteiger partial charge in [-0.1, -0.05) is 17.7 Å². The topological polar surface area (TPSA) is 62.3 Å². The van der Waals surface area contributed by atoms with Crippen molar-refractivity contribution in [2.45, 2.75) is 13.0 Å². The van der Waals surface area contributed by atoms with Crippen molar-refractivity contribution in [1.82, 2.24) is 9.55 Å². The van der Waals surface area contributed by atoms with Gasteiger partial charge in [0.1, 0.15) is 11.6 Å². The quantitative estimate of drug-likeness (QED) is 0.729. The molecule has 0 amide bonds. The van der Waals surface area contributed by atoms with Crippen LogP contribution < -0.4 is 15.2 Å². The molecule has 2 N–H and O–H groups in total. The summed E-state index contributed by atoms with van der Waals surface area (Å²) in [5.74, 6) is 1.57. The third-order valence-corrected chi connectivity index (χ3v) is 4.43. The molecule has 0 saturated carbocycles. The van der Waals surface area contributed by atoms with E-state index in [9.17, 15) is 4.39 Å². The molecule has 25 heavy (non-hydrogen) atoms. The monoisotopic (exact) mass is 363 g/mol. The standard InChI is InChI=1S/C18H19ClFN3O2/c1-24-16-8-14-15(9-17(16)25-2)23(18(22-14)6-7-21)10-11-12(19)4-3-5-13(11)20/h3-5,8-9H,6-7,10,21H2,1-2H3. The highest BCUT2D eigenvalue weighted by molar-refractivity contribution is 6.31. The number of aromatic nitrogens is 2. The summed E-state index contributed by atoms with van der Waals surface area (Å²) in [6.45, 7) is 0.690. The fourth-order valence-electron chi connectivity index (χ4n) is 2.84. The zero-order valence-electron chi connectivity index (χ0n) is 14.1. The molecule has 3 aromatic rings. The number of nitrogens with zero attached hydrogens (tertiary/aromatic N) is 2. The Morgan fingerprint density at radius 3 is 2.56 bits per heavy atom. The van der Waals surface area contributed by atoms with Crippen LogP contribution in [0.15, 0.2) is 30.3 Å². The van der Waals surface area contributed by atoms with E-state index in [4.69, 9.17) is 26.8 Å². The van der Waals surface area contributed by atoms with Crippen molar-refractivity contribution < 1.29 is 13.9 Å². The lowest BCUT2D eigenvalue weighted by Crippen LogP contribution is -2.12. The summed E-state index contributed by atoms with van der Waals surface area (Å²) < 4.78 is 26.9. The van der Waals surface area contributed by atoms with Crippen molar-refractivity contribution in [1.29, 1.82) is 0 Å². The molecule has 0 atom stereocenters. The van der Waals surface area contributed by atoms with Gasteiger partial charge >= 0.3 is 0 Å². The van der Waals surface area contributed by atoms with Gasteiger partial charge in [-0.15, -0.1) is 0 Å². The maximum Gasteiger partial charge on any atom is 0.163 e. The lowest BCUT2D eigenvalue weighted by atomic mass is 10.2. The first-order valence-corrected chi connectivity index (χ1v) is 8.21. The van der Waals surface area contributed by atoms with Crippen molar-refractivity contribution in [3.63, 3.8) is 0 Å². The molecular formula is C18H19ClFN3O2. The number of methoxy groups -OCH3 is 2. The summed E-state index contributed by atoms with van der Waals surface area (Å²) in [6.07, 6.45) is 0.561. The fraction of sp³-hybridized carbons (Fsp3) is 0.278. The third kappa shape index (κ3) is 3.27. The Hall–Kier alpha value is -2.31. The first-order valence-electron chi connectivity index (χ1n) is 7.83. The second-order valence-electron chi connectivity index (χ2n) is 5.55. The van der Waals surface area contributed by atoms with Gasteiger partial charge in [-0.3, -0.25) is 0 Å². The Morgan fingerprint density at radius 2 is 1.92 bits per heavy atom. The molecule has 0 spiro atoms. The SMILES string of the molecule is COc1cc2nc(CCN)n(Cc3c(F)cccc3Cl)c2cc1OC. The highest BCUT2D eigenvalue weighted by Gasteiger charge is 2.17. The van der Waals surface area contributed by atoms with Gasteiger partial charge in [0.15, 0.2) is 11.5 Å². The van der Waals surface area contributed by atoms with E-state index in [1.807, 2.05) is 10.6 Å². The summed E-state index contributed by atoms with van der Waals surface area (Å²) >= 11 is 6.19. The first kappa shape index (κ1) is 17.5. The zero-order valence-corrected chi connectivity index (χ0v) is 14.8. The third-order valence-electron chi connectivity index (χ3n) is 4.08. The second-order valence-corrected chi connectivity index (χ2v) is 5.96. The van der Waals surface area contributed by atoms with E-state index in [0.717, 1.165) is 16.9 Å². The summed E-state index contributed by atoms with van der Waals surface area (Å²) in [5.41, 5.74) is 7.66. The van der Waals surface area contributed by atoms with Crippen LogP contribution in [0.25, 0.3) is 11.0 Å². The molecule has 0 aliphatic rings. The number of rotatable bonds is 6. The van der Waals surface area contributed by atoms with Gasteiger partial charge < -0.3 is 19.8 Å². The Balaban J connectivity index is 2.19. The Labute approximate surface area is 150 Å². The number of ether oxygens (including phenoxy) is 2. The predicted molar refractivity (Wildman–Crippen MR) is 96.1 cm³/mol. The maximum atomic E-state index is 14.2. The number of fused-ring (bicyclic) bond motifs is 1. The van der Waals surface area contributed by atoms with Crippen molar-refractivity contribution in [2.75, 3.05) is 20.8 Å². The predicted octanol–water partition coefficient (Wildman–Crippen LogP) is 3.40. The highest BCUT2D eigenvalue weighted by atomic mass is 35.5. The largest absolute Gasteiger partial charge is 0.493 e. The molecule has 0 saturated heterocycles. The summed E-state index contributed by atoms with van der Waals surface area (Å²) in [5, 5.41) is 0.376. The van der Waals surface area contributed by atoms with Gasteiger partial charge in [-0.05, 0) is 18.7 Å². The number of halogens is 2. The van der Waals surface area contributed by atoms with E-state index >= 15 is 0 Å². The van der Waals surface area contributed by atoms with Crippen molar-refractivity contribution in [2.24, 2.45) is 5.73 Å². The van der Waals surface area contributed by atoms with Crippen LogP contribution >= 0.6 is 11.6 Å². The molecule has 5 nitrogen and oxygen atoms in total. The summed E-state index contributed by atoms with van der Waals surface area (Å²) in [6, 6.07) is 8.28. The molecule has 0 fully saturated rings. The molecule has 3 rings (SSSR count). The number of benzene rings is 2. The van der Waals surface area contributed by atoms with Crippen molar-refractivity contribution in [3.05, 3.63) is 52.6 Å². The normalized spacial score (nSPS) is 11.1. The van der Waals surface area contributed by atoms with Crippen LogP contribution in [0, 0.1) is 5.82 Å². The van der Waals surface area contributed by atoms with E-state index in [1.54, 1.807) is 32.4 Å². The number of nitrogens with two attached hydrogens (primary N) is 1. The van der Waals surface area contributed by atoms with E-state index in [0.29, 0.717) is 35.1 Å². The van der Waals surface area contributed by atoms with Gasteiger partial charge in [0, 0.05) is 29.1 Å². The van der Waals surface area contributed by atoms with E-state index < -0.39 is 0 Å².